The second-order valence-electron chi connectivity index (χ2n) is 7.35. The van der Waals surface area contributed by atoms with Crippen LogP contribution < -0.4 is 15.5 Å². The van der Waals surface area contributed by atoms with Gasteiger partial charge in [0.1, 0.15) is 6.07 Å². The highest BCUT2D eigenvalue weighted by Crippen LogP contribution is 2.28. The number of hydrogen-bond donors (Lipinski definition) is 2. The molecule has 2 aromatic heterocycles. The first-order chi connectivity index (χ1) is 15.2. The fraction of sp³-hybridized carbons (Fsp3) is 0.174. The maximum atomic E-state index is 9.61. The molecule has 5 rings (SSSR count). The number of nitrogens with one attached hydrogen (secondary N) is 2. The van der Waals surface area contributed by atoms with Gasteiger partial charge in [-0.1, -0.05) is 23.7 Å². The van der Waals surface area contributed by atoms with E-state index in [1.165, 1.54) is 5.69 Å². The zero-order valence-electron chi connectivity index (χ0n) is 16.7. The standard InChI is InChI=1S/C23H20ClN7/c24-18-3-1-16(2-4-18)22-17(14-25)13-21-15-27-23(29-31(21)22)28-19-5-7-20(8-6-19)30-11-9-26-10-12-30/h1-8,13,15,26H,9-12H2,(H,28,29). The lowest BCUT2D eigenvalue weighted by Crippen LogP contribution is -2.43. The summed E-state index contributed by atoms with van der Waals surface area (Å²) in [5.74, 6) is 0.456. The van der Waals surface area contributed by atoms with Gasteiger partial charge in [-0.05, 0) is 42.5 Å². The van der Waals surface area contributed by atoms with E-state index in [0.29, 0.717) is 22.2 Å². The minimum absolute atomic E-state index is 0.456. The zero-order chi connectivity index (χ0) is 21.2. The molecule has 1 saturated heterocycles. The Bertz CT molecular complexity index is 1250. The van der Waals surface area contributed by atoms with Crippen molar-refractivity contribution < 1.29 is 0 Å². The van der Waals surface area contributed by atoms with Crippen molar-refractivity contribution in [3.8, 4) is 17.3 Å². The Balaban J connectivity index is 1.45. The third-order valence-electron chi connectivity index (χ3n) is 5.36. The third-order valence-corrected chi connectivity index (χ3v) is 5.61. The van der Waals surface area contributed by atoms with Crippen molar-refractivity contribution in [2.24, 2.45) is 0 Å². The number of fused-ring (bicyclic) bond motifs is 1. The Kier molecular flexibility index (Phi) is 5.16. The van der Waals surface area contributed by atoms with E-state index in [-0.39, 0.29) is 0 Å². The molecule has 7 nitrogen and oxygen atoms in total. The fourth-order valence-corrected chi connectivity index (χ4v) is 3.93. The van der Waals surface area contributed by atoms with Crippen molar-refractivity contribution in [1.29, 1.82) is 5.26 Å². The van der Waals surface area contributed by atoms with Crippen molar-refractivity contribution in [2.75, 3.05) is 36.4 Å². The van der Waals surface area contributed by atoms with Crippen LogP contribution in [0.3, 0.4) is 0 Å². The van der Waals surface area contributed by atoms with Crippen LogP contribution in [0.25, 0.3) is 16.8 Å². The largest absolute Gasteiger partial charge is 0.369 e. The first-order valence-electron chi connectivity index (χ1n) is 10.1. The molecule has 0 atom stereocenters. The normalized spacial score (nSPS) is 13.9. The molecule has 1 aliphatic heterocycles. The number of benzene rings is 2. The molecule has 3 heterocycles. The lowest BCUT2D eigenvalue weighted by atomic mass is 10.1. The molecule has 154 valence electrons. The molecule has 4 aromatic rings. The van der Waals surface area contributed by atoms with Crippen LogP contribution in [0.2, 0.25) is 5.02 Å². The average molecular weight is 430 g/mol. The molecule has 31 heavy (non-hydrogen) atoms. The predicted octanol–water partition coefficient (Wildman–Crippen LogP) is 4.07. The van der Waals surface area contributed by atoms with E-state index in [1.807, 2.05) is 24.3 Å². The number of nitrogens with zero attached hydrogens (tertiary/aromatic N) is 5. The molecule has 1 fully saturated rings. The lowest BCUT2D eigenvalue weighted by Gasteiger charge is -2.29. The van der Waals surface area contributed by atoms with E-state index in [1.54, 1.807) is 28.9 Å². The Labute approximate surface area is 184 Å². The van der Waals surface area contributed by atoms with Crippen molar-refractivity contribution in [1.82, 2.24) is 19.9 Å². The molecule has 0 spiro atoms. The molecular weight excluding hydrogens is 410 g/mol. The monoisotopic (exact) mass is 429 g/mol. The predicted molar refractivity (Wildman–Crippen MR) is 123 cm³/mol. The molecule has 0 amide bonds. The second-order valence-corrected chi connectivity index (χ2v) is 7.79. The topological polar surface area (TPSA) is 81.3 Å². The van der Waals surface area contributed by atoms with Crippen LogP contribution >= 0.6 is 11.6 Å². The lowest BCUT2D eigenvalue weighted by molar-refractivity contribution is 0.589. The van der Waals surface area contributed by atoms with E-state index in [2.05, 4.69) is 43.8 Å². The highest BCUT2D eigenvalue weighted by atomic mass is 35.5. The molecule has 2 aromatic carbocycles. The number of rotatable bonds is 4. The minimum atomic E-state index is 0.456. The summed E-state index contributed by atoms with van der Waals surface area (Å²) in [6, 6.07) is 19.7. The van der Waals surface area contributed by atoms with Gasteiger partial charge in [-0.2, -0.15) is 5.26 Å². The first kappa shape index (κ1) is 19.4. The number of halogens is 1. The van der Waals surface area contributed by atoms with Gasteiger partial charge in [0.25, 0.3) is 0 Å². The van der Waals surface area contributed by atoms with Crippen LogP contribution in [-0.4, -0.2) is 40.8 Å². The summed E-state index contributed by atoms with van der Waals surface area (Å²) >= 11 is 6.03. The summed E-state index contributed by atoms with van der Waals surface area (Å²) in [6.45, 7) is 4.03. The Morgan fingerprint density at radius 2 is 1.77 bits per heavy atom. The zero-order valence-corrected chi connectivity index (χ0v) is 17.5. The molecule has 0 aliphatic carbocycles. The Morgan fingerprint density at radius 1 is 1.03 bits per heavy atom. The highest BCUT2D eigenvalue weighted by molar-refractivity contribution is 6.30. The Hall–Kier alpha value is -3.60. The third kappa shape index (κ3) is 3.91. The number of piperazine rings is 1. The van der Waals surface area contributed by atoms with Crippen molar-refractivity contribution in [3.63, 3.8) is 0 Å². The van der Waals surface area contributed by atoms with E-state index >= 15 is 0 Å². The van der Waals surface area contributed by atoms with Crippen LogP contribution in [-0.2, 0) is 0 Å². The van der Waals surface area contributed by atoms with Gasteiger partial charge in [-0.3, -0.25) is 0 Å². The van der Waals surface area contributed by atoms with Gasteiger partial charge in [0.05, 0.1) is 23.0 Å². The second kappa shape index (κ2) is 8.26. The summed E-state index contributed by atoms with van der Waals surface area (Å²) < 4.78 is 1.74. The molecule has 0 radical (unpaired) electrons. The van der Waals surface area contributed by atoms with Gasteiger partial charge in [-0.15, -0.1) is 5.10 Å². The number of nitriles is 1. The fourth-order valence-electron chi connectivity index (χ4n) is 3.80. The van der Waals surface area contributed by atoms with Gasteiger partial charge in [-0.25, -0.2) is 9.50 Å². The van der Waals surface area contributed by atoms with Crippen LogP contribution in [0.15, 0.2) is 60.8 Å². The molecule has 0 saturated carbocycles. The van der Waals surface area contributed by atoms with E-state index < -0.39 is 0 Å². The smallest absolute Gasteiger partial charge is 0.245 e. The number of anilines is 3. The summed E-state index contributed by atoms with van der Waals surface area (Å²) in [5.41, 5.74) is 4.98. The molecule has 0 bridgehead atoms. The molecular formula is C23H20ClN7. The Morgan fingerprint density at radius 3 is 2.48 bits per heavy atom. The quantitative estimate of drug-likeness (QED) is 0.509. The van der Waals surface area contributed by atoms with Gasteiger partial charge >= 0.3 is 0 Å². The SMILES string of the molecule is N#Cc1cc2cnc(Nc3ccc(N4CCNCC4)cc3)nn2c1-c1ccc(Cl)cc1. The summed E-state index contributed by atoms with van der Waals surface area (Å²) in [6.07, 6.45) is 1.71. The summed E-state index contributed by atoms with van der Waals surface area (Å²) in [5, 5.41) is 21.5. The number of aromatic nitrogens is 3. The molecule has 0 unspecified atom stereocenters. The summed E-state index contributed by atoms with van der Waals surface area (Å²) in [7, 11) is 0. The first-order valence-corrected chi connectivity index (χ1v) is 10.5. The van der Waals surface area contributed by atoms with Gasteiger partial charge < -0.3 is 15.5 Å². The van der Waals surface area contributed by atoms with Gasteiger partial charge in [0, 0.05) is 48.1 Å². The van der Waals surface area contributed by atoms with Crippen LogP contribution in [0.5, 0.6) is 0 Å². The van der Waals surface area contributed by atoms with E-state index in [0.717, 1.165) is 42.9 Å². The maximum absolute atomic E-state index is 9.61. The van der Waals surface area contributed by atoms with Crippen LogP contribution in [0, 0.1) is 11.3 Å². The molecule has 2 N–H and O–H groups in total. The van der Waals surface area contributed by atoms with Crippen molar-refractivity contribution in [2.45, 2.75) is 0 Å². The molecule has 8 heteroatoms. The van der Waals surface area contributed by atoms with Crippen molar-refractivity contribution in [3.05, 3.63) is 71.4 Å². The highest BCUT2D eigenvalue weighted by Gasteiger charge is 2.15. The van der Waals surface area contributed by atoms with Crippen molar-refractivity contribution >= 4 is 34.4 Å². The number of hydrogen-bond acceptors (Lipinski definition) is 6. The van der Waals surface area contributed by atoms with E-state index in [9.17, 15) is 5.26 Å². The molecule has 1 aliphatic rings. The van der Waals surface area contributed by atoms with Crippen LogP contribution in [0.1, 0.15) is 5.56 Å². The average Bonchev–Trinajstić information content (AvgIpc) is 3.19. The minimum Gasteiger partial charge on any atom is -0.369 e. The van der Waals surface area contributed by atoms with Gasteiger partial charge in [0.2, 0.25) is 5.95 Å². The van der Waals surface area contributed by atoms with Gasteiger partial charge in [0.15, 0.2) is 0 Å². The summed E-state index contributed by atoms with van der Waals surface area (Å²) in [4.78, 5) is 6.78. The van der Waals surface area contributed by atoms with E-state index in [4.69, 9.17) is 11.6 Å². The maximum Gasteiger partial charge on any atom is 0.245 e. The van der Waals surface area contributed by atoms with Crippen LogP contribution in [0.4, 0.5) is 17.3 Å².